The van der Waals surface area contributed by atoms with E-state index >= 15 is 0 Å². The fourth-order valence-corrected chi connectivity index (χ4v) is 2.90. The van der Waals surface area contributed by atoms with Gasteiger partial charge in [-0.05, 0) is 71.6 Å². The minimum atomic E-state index is 0.164. The second-order valence-electron chi connectivity index (χ2n) is 7.68. The van der Waals surface area contributed by atoms with E-state index in [-0.39, 0.29) is 5.91 Å². The van der Waals surface area contributed by atoms with Gasteiger partial charge in [-0.25, -0.2) is 0 Å². The highest BCUT2D eigenvalue weighted by atomic mass is 16.1. The minimum absolute atomic E-state index is 0.164. The molecule has 0 saturated heterocycles. The smallest absolute Gasteiger partial charge is 0.219 e. The first kappa shape index (κ1) is 30.4. The zero-order valence-corrected chi connectivity index (χ0v) is 20.6. The summed E-state index contributed by atoms with van der Waals surface area (Å²) in [6, 6.07) is 0. The molecular weight excluding hydrogens is 366 g/mol. The Balaban J connectivity index is 0. The van der Waals surface area contributed by atoms with Gasteiger partial charge in [-0.1, -0.05) is 87.4 Å². The van der Waals surface area contributed by atoms with Crippen molar-refractivity contribution in [1.82, 2.24) is 5.32 Å². The molecule has 0 spiro atoms. The summed E-state index contributed by atoms with van der Waals surface area (Å²) in [4.78, 5) is 10.9. The van der Waals surface area contributed by atoms with Crippen LogP contribution in [-0.2, 0) is 4.79 Å². The molecule has 2 heteroatoms. The number of carbonyl (C=O) groups is 1. The molecule has 1 N–H and O–H groups in total. The van der Waals surface area contributed by atoms with Crippen molar-refractivity contribution in [3.63, 3.8) is 0 Å². The fraction of sp³-hybridized carbons (Fsp3) is 0.607. The molecule has 1 unspecified atom stereocenters. The zero-order chi connectivity index (χ0) is 22.9. The van der Waals surface area contributed by atoms with Crippen LogP contribution in [0.2, 0.25) is 0 Å². The molecule has 0 radical (unpaired) electrons. The van der Waals surface area contributed by atoms with Gasteiger partial charge in [0.25, 0.3) is 0 Å². The van der Waals surface area contributed by atoms with Crippen molar-refractivity contribution in [3.8, 4) is 0 Å². The van der Waals surface area contributed by atoms with Gasteiger partial charge in [0.1, 0.15) is 0 Å². The van der Waals surface area contributed by atoms with Crippen LogP contribution in [0, 0.1) is 5.92 Å². The fourth-order valence-electron chi connectivity index (χ4n) is 2.90. The molecule has 1 atom stereocenters. The molecule has 172 valence electrons. The van der Waals surface area contributed by atoms with E-state index in [9.17, 15) is 4.79 Å². The Kier molecular flexibility index (Phi) is 25.5. The highest BCUT2D eigenvalue weighted by molar-refractivity contribution is 5.75. The molecule has 0 aliphatic carbocycles. The monoisotopic (exact) mass is 415 g/mol. The number of hydrogen-bond acceptors (Lipinski definition) is 1. The lowest BCUT2D eigenvalue weighted by Gasteiger charge is -2.08. The maximum atomic E-state index is 10.9. The normalized spacial score (nSPS) is 12.9. The van der Waals surface area contributed by atoms with E-state index in [0.29, 0.717) is 6.42 Å². The number of carbonyl (C=O) groups excluding carboxylic acids is 1. The van der Waals surface area contributed by atoms with E-state index < -0.39 is 0 Å². The van der Waals surface area contributed by atoms with Crippen LogP contribution in [0.4, 0.5) is 0 Å². The first-order chi connectivity index (χ1) is 14.5. The average Bonchev–Trinajstić information content (AvgIpc) is 2.74. The number of rotatable bonds is 16. The van der Waals surface area contributed by atoms with Crippen molar-refractivity contribution >= 4 is 5.91 Å². The third-order valence-corrected chi connectivity index (χ3v) is 4.82. The molecule has 0 saturated carbocycles. The van der Waals surface area contributed by atoms with Crippen molar-refractivity contribution in [2.75, 3.05) is 6.54 Å². The minimum Gasteiger partial charge on any atom is -0.356 e. The Labute approximate surface area is 188 Å². The van der Waals surface area contributed by atoms with E-state index in [0.717, 1.165) is 25.3 Å². The molecule has 0 fully saturated rings. The highest BCUT2D eigenvalue weighted by Gasteiger charge is 1.99. The number of hydrogen-bond donors (Lipinski definition) is 1. The molecule has 1 amide bonds. The lowest BCUT2D eigenvalue weighted by molar-refractivity contribution is -0.121. The van der Waals surface area contributed by atoms with Crippen molar-refractivity contribution in [1.29, 1.82) is 0 Å². The molecule has 30 heavy (non-hydrogen) atoms. The second-order valence-corrected chi connectivity index (χ2v) is 7.68. The SMILES string of the molecule is C/C=C\CCCC(=O)NCC.C=C/C=C\C=C(/C)CCC/C=C/C(CC)CCCC. The Bertz CT molecular complexity index is 511. The Morgan fingerprint density at radius 1 is 1.00 bits per heavy atom. The van der Waals surface area contributed by atoms with Crippen LogP contribution in [0.15, 0.2) is 60.8 Å². The molecule has 0 aliphatic heterocycles. The summed E-state index contributed by atoms with van der Waals surface area (Å²) in [6.45, 7) is 15.1. The van der Waals surface area contributed by atoms with E-state index in [1.54, 1.807) is 0 Å². The van der Waals surface area contributed by atoms with Gasteiger partial charge in [-0.2, -0.15) is 0 Å². The summed E-state index contributed by atoms with van der Waals surface area (Å²) in [6.07, 6.45) is 28.5. The van der Waals surface area contributed by atoms with E-state index in [4.69, 9.17) is 0 Å². The highest BCUT2D eigenvalue weighted by Crippen LogP contribution is 2.15. The van der Waals surface area contributed by atoms with Crippen LogP contribution in [0.5, 0.6) is 0 Å². The number of allylic oxidation sites excluding steroid dienone is 9. The molecule has 0 aliphatic rings. The largest absolute Gasteiger partial charge is 0.356 e. The molecule has 2 nitrogen and oxygen atoms in total. The van der Waals surface area contributed by atoms with Crippen LogP contribution in [0.25, 0.3) is 0 Å². The second kappa shape index (κ2) is 25.2. The molecule has 0 bridgehead atoms. The number of nitrogens with one attached hydrogen (secondary N) is 1. The summed E-state index contributed by atoms with van der Waals surface area (Å²) in [5, 5.41) is 2.76. The lowest BCUT2D eigenvalue weighted by Crippen LogP contribution is -2.21. The summed E-state index contributed by atoms with van der Waals surface area (Å²) in [5.74, 6) is 0.962. The first-order valence-corrected chi connectivity index (χ1v) is 12.0. The summed E-state index contributed by atoms with van der Waals surface area (Å²) in [5.41, 5.74) is 1.45. The summed E-state index contributed by atoms with van der Waals surface area (Å²) < 4.78 is 0. The molecule has 0 aromatic carbocycles. The van der Waals surface area contributed by atoms with Gasteiger partial charge in [-0.3, -0.25) is 4.79 Å². The Morgan fingerprint density at radius 3 is 2.30 bits per heavy atom. The van der Waals surface area contributed by atoms with Gasteiger partial charge in [0.2, 0.25) is 5.91 Å². The zero-order valence-electron chi connectivity index (χ0n) is 20.6. The van der Waals surface area contributed by atoms with E-state index in [1.165, 1.54) is 50.5 Å². The number of amides is 1. The third kappa shape index (κ3) is 24.2. The Hall–Kier alpha value is -1.83. The van der Waals surface area contributed by atoms with Crippen LogP contribution >= 0.6 is 0 Å². The van der Waals surface area contributed by atoms with Gasteiger partial charge in [-0.15, -0.1) is 0 Å². The molecule has 0 aromatic rings. The summed E-state index contributed by atoms with van der Waals surface area (Å²) in [7, 11) is 0. The topological polar surface area (TPSA) is 29.1 Å². The van der Waals surface area contributed by atoms with E-state index in [1.807, 2.05) is 32.1 Å². The molecule has 0 aromatic heterocycles. The maximum absolute atomic E-state index is 10.9. The Morgan fingerprint density at radius 2 is 1.70 bits per heavy atom. The van der Waals surface area contributed by atoms with Gasteiger partial charge in [0.05, 0.1) is 0 Å². The van der Waals surface area contributed by atoms with Gasteiger partial charge in [0.15, 0.2) is 0 Å². The maximum Gasteiger partial charge on any atom is 0.219 e. The number of unbranched alkanes of at least 4 members (excludes halogenated alkanes) is 3. The van der Waals surface area contributed by atoms with Crippen molar-refractivity contribution in [2.45, 2.75) is 98.8 Å². The van der Waals surface area contributed by atoms with Crippen LogP contribution in [0.3, 0.4) is 0 Å². The molecule has 0 heterocycles. The van der Waals surface area contributed by atoms with E-state index in [2.05, 4.69) is 63.0 Å². The van der Waals surface area contributed by atoms with Crippen molar-refractivity contribution in [3.05, 3.63) is 60.8 Å². The predicted octanol–water partition coefficient (Wildman–Crippen LogP) is 8.49. The first-order valence-electron chi connectivity index (χ1n) is 12.0. The van der Waals surface area contributed by atoms with Crippen molar-refractivity contribution in [2.24, 2.45) is 5.92 Å². The quantitative estimate of drug-likeness (QED) is 0.153. The summed E-state index contributed by atoms with van der Waals surface area (Å²) >= 11 is 0. The van der Waals surface area contributed by atoms with Gasteiger partial charge >= 0.3 is 0 Å². The third-order valence-electron chi connectivity index (χ3n) is 4.82. The lowest BCUT2D eigenvalue weighted by atomic mass is 9.98. The molecule has 0 rings (SSSR count). The average molecular weight is 416 g/mol. The van der Waals surface area contributed by atoms with Gasteiger partial charge < -0.3 is 5.32 Å². The van der Waals surface area contributed by atoms with Crippen LogP contribution in [-0.4, -0.2) is 12.5 Å². The van der Waals surface area contributed by atoms with Crippen molar-refractivity contribution < 1.29 is 4.79 Å². The van der Waals surface area contributed by atoms with Crippen LogP contribution in [0.1, 0.15) is 98.8 Å². The standard InChI is InChI=1S/C19H32.C9H17NO/c1-5-8-11-14-18(4)15-12-10-13-17-19(7-3)16-9-6-2;1-3-5-6-7-8-9(11)10-4-2/h5,8,11,13-14,17,19H,1,6-7,9-10,12,15-16H2,2-4H3;3,5H,4,6-8H2,1-2H3,(H,10,11)/b11-8-,17-13+,18-14+;5-3-. The van der Waals surface area contributed by atoms with Gasteiger partial charge in [0, 0.05) is 13.0 Å². The van der Waals surface area contributed by atoms with Crippen LogP contribution < -0.4 is 5.32 Å². The predicted molar refractivity (Wildman–Crippen MR) is 137 cm³/mol. The molecular formula is C28H49NO.